The monoisotopic (exact) mass is 336 g/mol. The first-order valence-corrected chi connectivity index (χ1v) is 8.50. The lowest BCUT2D eigenvalue weighted by Crippen LogP contribution is -2.29. The van der Waals surface area contributed by atoms with Crippen molar-refractivity contribution in [3.8, 4) is 0 Å². The third-order valence-corrected chi connectivity index (χ3v) is 4.43. The van der Waals surface area contributed by atoms with Crippen molar-refractivity contribution in [1.29, 1.82) is 0 Å². The van der Waals surface area contributed by atoms with E-state index >= 15 is 0 Å². The van der Waals surface area contributed by atoms with Crippen LogP contribution in [0.25, 0.3) is 10.9 Å². The van der Waals surface area contributed by atoms with E-state index in [1.54, 1.807) is 22.8 Å². The van der Waals surface area contributed by atoms with Gasteiger partial charge < -0.3 is 14.6 Å². The van der Waals surface area contributed by atoms with Crippen molar-refractivity contribution in [2.24, 2.45) is 0 Å². The number of rotatable bonds is 5. The fourth-order valence-corrected chi connectivity index (χ4v) is 3.01. The molecule has 3 aromatic rings. The van der Waals surface area contributed by atoms with Gasteiger partial charge in [-0.15, -0.1) is 0 Å². The average Bonchev–Trinajstić information content (AvgIpc) is 2.63. The van der Waals surface area contributed by atoms with Crippen LogP contribution in [0.15, 0.2) is 47.3 Å². The molecular formula is C19H21BN2O3. The molecule has 0 unspecified atom stereocenters. The van der Waals surface area contributed by atoms with Gasteiger partial charge in [0, 0.05) is 22.8 Å². The Kier molecular flexibility index (Phi) is 5.02. The van der Waals surface area contributed by atoms with Crippen molar-refractivity contribution in [3.05, 3.63) is 69.8 Å². The second kappa shape index (κ2) is 7.21. The number of aromatic nitrogens is 2. The first-order valence-electron chi connectivity index (χ1n) is 8.50. The Balaban J connectivity index is 2.11. The number of pyridine rings is 2. The molecule has 0 fully saturated rings. The highest BCUT2D eigenvalue weighted by molar-refractivity contribution is 6.58. The van der Waals surface area contributed by atoms with Crippen molar-refractivity contribution in [3.63, 3.8) is 0 Å². The van der Waals surface area contributed by atoms with Gasteiger partial charge in [0.05, 0.1) is 12.1 Å². The van der Waals surface area contributed by atoms with E-state index in [9.17, 15) is 14.8 Å². The van der Waals surface area contributed by atoms with Crippen LogP contribution in [-0.2, 0) is 19.4 Å². The Hall–Kier alpha value is -2.44. The van der Waals surface area contributed by atoms with Crippen molar-refractivity contribution in [1.82, 2.24) is 9.55 Å². The highest BCUT2D eigenvalue weighted by Crippen LogP contribution is 2.19. The van der Waals surface area contributed by atoms with Crippen molar-refractivity contribution in [2.45, 2.75) is 33.2 Å². The largest absolute Gasteiger partial charge is 0.488 e. The third-order valence-electron chi connectivity index (χ3n) is 4.43. The van der Waals surface area contributed by atoms with Gasteiger partial charge in [0.25, 0.3) is 5.56 Å². The Morgan fingerprint density at radius 2 is 1.76 bits per heavy atom. The second-order valence-corrected chi connectivity index (χ2v) is 6.07. The van der Waals surface area contributed by atoms with Crippen LogP contribution in [0.2, 0.25) is 0 Å². The normalized spacial score (nSPS) is 11.0. The van der Waals surface area contributed by atoms with E-state index in [4.69, 9.17) is 0 Å². The predicted molar refractivity (Wildman–Crippen MR) is 100 cm³/mol. The van der Waals surface area contributed by atoms with Gasteiger partial charge >= 0.3 is 7.12 Å². The summed E-state index contributed by atoms with van der Waals surface area (Å²) in [4.78, 5) is 17.2. The average molecular weight is 336 g/mol. The molecule has 0 aliphatic heterocycles. The van der Waals surface area contributed by atoms with Crippen LogP contribution in [0.1, 0.15) is 30.8 Å². The number of benzene rings is 1. The maximum atomic E-state index is 12.5. The van der Waals surface area contributed by atoms with Crippen molar-refractivity contribution in [2.75, 3.05) is 0 Å². The molecule has 2 heterocycles. The summed E-state index contributed by atoms with van der Waals surface area (Å²) < 4.78 is 1.75. The molecule has 0 atom stereocenters. The zero-order valence-electron chi connectivity index (χ0n) is 14.4. The summed E-state index contributed by atoms with van der Waals surface area (Å²) in [5.74, 6) is 0. The molecule has 3 rings (SSSR count). The maximum Gasteiger partial charge on any atom is 0.488 e. The van der Waals surface area contributed by atoms with E-state index in [0.29, 0.717) is 12.0 Å². The summed E-state index contributed by atoms with van der Waals surface area (Å²) in [6.07, 6.45) is 1.63. The molecule has 2 N–H and O–H groups in total. The molecule has 0 saturated carbocycles. The molecule has 0 spiro atoms. The van der Waals surface area contributed by atoms with Crippen LogP contribution in [-0.4, -0.2) is 26.7 Å². The summed E-state index contributed by atoms with van der Waals surface area (Å²) in [6.45, 7) is 4.54. The Morgan fingerprint density at radius 3 is 2.36 bits per heavy atom. The van der Waals surface area contributed by atoms with Gasteiger partial charge in [-0.1, -0.05) is 38.1 Å². The van der Waals surface area contributed by atoms with E-state index in [0.717, 1.165) is 40.7 Å². The van der Waals surface area contributed by atoms with E-state index in [-0.39, 0.29) is 5.56 Å². The van der Waals surface area contributed by atoms with Gasteiger partial charge in [0.2, 0.25) is 0 Å². The molecule has 6 heteroatoms. The molecule has 0 amide bonds. The number of hydrogen-bond donors (Lipinski definition) is 2. The van der Waals surface area contributed by atoms with Gasteiger partial charge in [0.1, 0.15) is 0 Å². The van der Waals surface area contributed by atoms with E-state index < -0.39 is 7.12 Å². The molecule has 128 valence electrons. The standard InChI is InChI=1S/C19H21BN2O3/c1-3-15-11-18-16(17(4-2)21-15)9-10-19(23)22(18)12-13-5-7-14(8-6-13)20(24)25/h5-11,24-25H,3-4,12H2,1-2H3. The van der Waals surface area contributed by atoms with E-state index in [1.165, 1.54) is 0 Å². The molecule has 1 aromatic carbocycles. The van der Waals surface area contributed by atoms with Crippen LogP contribution in [0.5, 0.6) is 0 Å². The van der Waals surface area contributed by atoms with Crippen LogP contribution >= 0.6 is 0 Å². The molecule has 0 radical (unpaired) electrons. The highest BCUT2D eigenvalue weighted by Gasteiger charge is 2.12. The van der Waals surface area contributed by atoms with Crippen molar-refractivity contribution >= 4 is 23.5 Å². The van der Waals surface area contributed by atoms with E-state index in [2.05, 4.69) is 18.8 Å². The molecule has 0 aliphatic rings. The summed E-state index contributed by atoms with van der Waals surface area (Å²) >= 11 is 0. The SMILES string of the molecule is CCc1cc2c(ccc(=O)n2Cc2ccc(B(O)O)cc2)c(CC)n1. The fraction of sp³-hybridized carbons (Fsp3) is 0.263. The van der Waals surface area contributed by atoms with Crippen LogP contribution in [0, 0.1) is 0 Å². The van der Waals surface area contributed by atoms with Crippen LogP contribution in [0.3, 0.4) is 0 Å². The lowest BCUT2D eigenvalue weighted by Gasteiger charge is -2.14. The highest BCUT2D eigenvalue weighted by atomic mass is 16.4. The minimum atomic E-state index is -1.49. The third kappa shape index (κ3) is 3.50. The summed E-state index contributed by atoms with van der Waals surface area (Å²) in [5, 5.41) is 19.4. The lowest BCUT2D eigenvalue weighted by molar-refractivity contribution is 0.426. The number of hydrogen-bond acceptors (Lipinski definition) is 4. The van der Waals surface area contributed by atoms with Crippen molar-refractivity contribution < 1.29 is 10.0 Å². The lowest BCUT2D eigenvalue weighted by atomic mass is 9.80. The van der Waals surface area contributed by atoms with Crippen LogP contribution in [0.4, 0.5) is 0 Å². The van der Waals surface area contributed by atoms with Gasteiger partial charge in [-0.25, -0.2) is 0 Å². The first-order chi connectivity index (χ1) is 12.0. The topological polar surface area (TPSA) is 75.4 Å². The minimum Gasteiger partial charge on any atom is -0.423 e. The Labute approximate surface area is 146 Å². The zero-order valence-corrected chi connectivity index (χ0v) is 14.4. The molecule has 0 bridgehead atoms. The molecule has 0 aliphatic carbocycles. The summed E-state index contributed by atoms with van der Waals surface area (Å²) in [5.41, 5.74) is 4.16. The maximum absolute atomic E-state index is 12.5. The van der Waals surface area contributed by atoms with Gasteiger partial charge in [0.15, 0.2) is 0 Å². The first kappa shape index (κ1) is 17.4. The predicted octanol–water partition coefficient (Wildman–Crippen LogP) is 1.25. The molecular weight excluding hydrogens is 315 g/mol. The van der Waals surface area contributed by atoms with Crippen LogP contribution < -0.4 is 11.0 Å². The summed E-state index contributed by atoms with van der Waals surface area (Å²) in [7, 11) is -1.49. The Morgan fingerprint density at radius 1 is 1.04 bits per heavy atom. The molecule has 5 nitrogen and oxygen atoms in total. The molecule has 25 heavy (non-hydrogen) atoms. The fourth-order valence-electron chi connectivity index (χ4n) is 3.01. The van der Waals surface area contributed by atoms with Gasteiger partial charge in [-0.3, -0.25) is 9.78 Å². The van der Waals surface area contributed by atoms with E-state index in [1.807, 2.05) is 24.3 Å². The van der Waals surface area contributed by atoms with Gasteiger partial charge in [-0.05, 0) is 36.0 Å². The zero-order chi connectivity index (χ0) is 18.0. The second-order valence-electron chi connectivity index (χ2n) is 6.07. The van der Waals surface area contributed by atoms with Gasteiger partial charge in [-0.2, -0.15) is 0 Å². The number of nitrogens with zero attached hydrogens (tertiary/aromatic N) is 2. The smallest absolute Gasteiger partial charge is 0.423 e. The summed E-state index contributed by atoms with van der Waals surface area (Å²) in [6, 6.07) is 12.4. The quantitative estimate of drug-likeness (QED) is 0.688. The number of fused-ring (bicyclic) bond motifs is 1. The number of aryl methyl sites for hydroxylation is 2. The minimum absolute atomic E-state index is 0.0610. The molecule has 2 aromatic heterocycles. The molecule has 0 saturated heterocycles. The Bertz CT molecular complexity index is 949.